The number of quaternary nitrogens is 1. The number of phenolic OH excluding ortho intramolecular Hbond substituents is 1. The lowest BCUT2D eigenvalue weighted by molar-refractivity contribution is -0.407. The van der Waals surface area contributed by atoms with Gasteiger partial charge in [0.05, 0.1) is 5.56 Å². The van der Waals surface area contributed by atoms with E-state index >= 15 is 0 Å². The van der Waals surface area contributed by atoms with Crippen molar-refractivity contribution in [3.63, 3.8) is 0 Å². The van der Waals surface area contributed by atoms with Gasteiger partial charge in [0.15, 0.2) is 11.8 Å². The number of rotatable bonds is 0. The summed E-state index contributed by atoms with van der Waals surface area (Å²) in [4.78, 5) is 25.7. The lowest BCUT2D eigenvalue weighted by Crippen LogP contribution is -2.58. The normalized spacial score (nSPS) is 18.0. The van der Waals surface area contributed by atoms with Gasteiger partial charge in [0, 0.05) is 22.1 Å². The Morgan fingerprint density at radius 1 is 0.840 bits per heavy atom. The molecule has 3 aromatic carbocycles. The molecule has 25 heavy (non-hydrogen) atoms. The van der Waals surface area contributed by atoms with Crippen LogP contribution in [0, 0.1) is 0 Å². The maximum atomic E-state index is 13.1. The van der Waals surface area contributed by atoms with E-state index in [-0.39, 0.29) is 22.9 Å². The van der Waals surface area contributed by atoms with Crippen molar-refractivity contribution in [2.75, 3.05) is 0 Å². The smallest absolute Gasteiger partial charge is 0.218 e. The number of phenols is 1. The van der Waals surface area contributed by atoms with E-state index in [9.17, 15) is 14.7 Å². The van der Waals surface area contributed by atoms with Crippen LogP contribution in [-0.4, -0.2) is 16.7 Å². The molecule has 4 heteroatoms. The molecule has 0 bridgehead atoms. The SMILES string of the molecule is [NH3+][C@@H]1C(=O)C=C2c3ccccc3C(=O)c3c2c1c1ccccc1c3O. The summed E-state index contributed by atoms with van der Waals surface area (Å²) in [6, 6.07) is 13.9. The van der Waals surface area contributed by atoms with Crippen LogP contribution in [0.25, 0.3) is 16.3 Å². The first-order valence-electron chi connectivity index (χ1n) is 8.10. The molecular formula is C21H14NO3+. The van der Waals surface area contributed by atoms with Gasteiger partial charge in [-0.3, -0.25) is 9.59 Å². The van der Waals surface area contributed by atoms with E-state index in [1.807, 2.05) is 30.3 Å². The highest BCUT2D eigenvalue weighted by Gasteiger charge is 2.40. The van der Waals surface area contributed by atoms with Crippen molar-refractivity contribution in [2.24, 2.45) is 0 Å². The lowest BCUT2D eigenvalue weighted by atomic mass is 9.72. The van der Waals surface area contributed by atoms with E-state index < -0.39 is 6.04 Å². The van der Waals surface area contributed by atoms with Crippen molar-refractivity contribution in [2.45, 2.75) is 6.04 Å². The van der Waals surface area contributed by atoms with Gasteiger partial charge >= 0.3 is 0 Å². The first kappa shape index (κ1) is 14.1. The van der Waals surface area contributed by atoms with Gasteiger partial charge < -0.3 is 10.8 Å². The number of benzene rings is 3. The summed E-state index contributed by atoms with van der Waals surface area (Å²) in [5.41, 5.74) is 7.63. The summed E-state index contributed by atoms with van der Waals surface area (Å²) in [5, 5.41) is 12.2. The monoisotopic (exact) mass is 328 g/mol. The van der Waals surface area contributed by atoms with E-state index in [4.69, 9.17) is 0 Å². The second-order valence-corrected chi connectivity index (χ2v) is 6.45. The van der Waals surface area contributed by atoms with Crippen molar-refractivity contribution in [3.05, 3.63) is 82.4 Å². The Labute approximate surface area is 143 Å². The number of carbonyl (C=O) groups excluding carboxylic acids is 2. The Balaban J connectivity index is 2.05. The second kappa shape index (κ2) is 4.65. The second-order valence-electron chi connectivity index (χ2n) is 6.45. The van der Waals surface area contributed by atoms with Crippen LogP contribution in [0.15, 0.2) is 54.6 Å². The minimum atomic E-state index is -0.596. The first-order valence-corrected chi connectivity index (χ1v) is 8.10. The Kier molecular flexibility index (Phi) is 2.63. The molecule has 4 nitrogen and oxygen atoms in total. The van der Waals surface area contributed by atoms with Crippen molar-refractivity contribution in [3.8, 4) is 5.75 Å². The maximum Gasteiger partial charge on any atom is 0.218 e. The van der Waals surface area contributed by atoms with Crippen LogP contribution in [0.4, 0.5) is 0 Å². The molecular weight excluding hydrogens is 314 g/mol. The maximum absolute atomic E-state index is 13.1. The van der Waals surface area contributed by atoms with E-state index in [0.29, 0.717) is 22.1 Å². The number of ketones is 2. The molecule has 0 heterocycles. The van der Waals surface area contributed by atoms with Crippen molar-refractivity contribution in [1.82, 2.24) is 0 Å². The fourth-order valence-corrected chi connectivity index (χ4v) is 4.03. The van der Waals surface area contributed by atoms with Gasteiger partial charge in [0.1, 0.15) is 5.75 Å². The topological polar surface area (TPSA) is 82.0 Å². The molecule has 0 spiro atoms. The van der Waals surface area contributed by atoms with E-state index in [1.165, 1.54) is 0 Å². The molecule has 120 valence electrons. The zero-order valence-electron chi connectivity index (χ0n) is 13.2. The van der Waals surface area contributed by atoms with Crippen LogP contribution in [0.1, 0.15) is 38.7 Å². The molecule has 0 saturated heterocycles. The average molecular weight is 328 g/mol. The predicted molar refractivity (Wildman–Crippen MR) is 93.2 cm³/mol. The third-order valence-electron chi connectivity index (χ3n) is 5.17. The molecule has 1 atom stereocenters. The van der Waals surface area contributed by atoms with Gasteiger partial charge in [0.2, 0.25) is 5.78 Å². The summed E-state index contributed by atoms with van der Waals surface area (Å²) in [7, 11) is 0. The molecule has 2 aliphatic carbocycles. The number of aromatic hydroxyl groups is 1. The Morgan fingerprint density at radius 2 is 1.48 bits per heavy atom. The number of hydrogen-bond acceptors (Lipinski definition) is 3. The van der Waals surface area contributed by atoms with Crippen LogP contribution < -0.4 is 5.73 Å². The van der Waals surface area contributed by atoms with Crippen LogP contribution in [0.5, 0.6) is 5.75 Å². The average Bonchev–Trinajstić information content (AvgIpc) is 2.64. The van der Waals surface area contributed by atoms with Crippen molar-refractivity contribution >= 4 is 27.9 Å². The fourth-order valence-electron chi connectivity index (χ4n) is 4.03. The summed E-state index contributed by atoms with van der Waals surface area (Å²) in [6.07, 6.45) is 1.56. The summed E-state index contributed by atoms with van der Waals surface area (Å²) in [6.45, 7) is 0. The Hall–Kier alpha value is -3.24. The highest BCUT2D eigenvalue weighted by atomic mass is 16.3. The molecule has 0 unspecified atom stereocenters. The Morgan fingerprint density at radius 3 is 2.24 bits per heavy atom. The van der Waals surface area contributed by atoms with E-state index in [2.05, 4.69) is 5.73 Å². The molecule has 0 aliphatic heterocycles. The molecule has 0 radical (unpaired) electrons. The quantitative estimate of drug-likeness (QED) is 0.520. The number of hydrogen-bond donors (Lipinski definition) is 2. The minimum absolute atomic E-state index is 0.0266. The highest BCUT2D eigenvalue weighted by molar-refractivity contribution is 6.26. The summed E-state index contributed by atoms with van der Waals surface area (Å²) >= 11 is 0. The summed E-state index contributed by atoms with van der Waals surface area (Å²) in [5.74, 6) is -0.330. The van der Waals surface area contributed by atoms with Crippen molar-refractivity contribution in [1.29, 1.82) is 0 Å². The van der Waals surface area contributed by atoms with Gasteiger partial charge in [0.25, 0.3) is 0 Å². The Bertz CT molecular complexity index is 1160. The molecule has 0 fully saturated rings. The predicted octanol–water partition coefficient (Wildman–Crippen LogP) is 2.39. The molecule has 5 rings (SSSR count). The van der Waals surface area contributed by atoms with E-state index in [0.717, 1.165) is 16.5 Å². The fraction of sp³-hybridized carbons (Fsp3) is 0.0476. The van der Waals surface area contributed by atoms with Gasteiger partial charge in [-0.2, -0.15) is 0 Å². The van der Waals surface area contributed by atoms with Gasteiger partial charge in [-0.1, -0.05) is 48.5 Å². The first-order chi connectivity index (χ1) is 12.1. The third-order valence-corrected chi connectivity index (χ3v) is 5.17. The lowest BCUT2D eigenvalue weighted by Gasteiger charge is -2.29. The largest absolute Gasteiger partial charge is 0.507 e. The van der Waals surface area contributed by atoms with Crippen LogP contribution in [0.3, 0.4) is 0 Å². The van der Waals surface area contributed by atoms with E-state index in [1.54, 1.807) is 24.3 Å². The molecule has 3 aromatic rings. The van der Waals surface area contributed by atoms with Crippen LogP contribution in [-0.2, 0) is 4.79 Å². The molecule has 0 saturated carbocycles. The standard InChI is InChI=1S/C21H13NO3/c22-19-15(23)9-14-10-5-1-3-7-12(10)20(24)18-16(14)17(19)11-6-2-4-8-13(11)21(18)25/h1-9,19,25H,22H2/p+1/t19-/m1/s1. The molecule has 0 aromatic heterocycles. The van der Waals surface area contributed by atoms with Crippen LogP contribution in [0.2, 0.25) is 0 Å². The highest BCUT2D eigenvalue weighted by Crippen LogP contribution is 2.48. The number of carbonyl (C=O) groups is 2. The van der Waals surface area contributed by atoms with Crippen LogP contribution >= 0.6 is 0 Å². The van der Waals surface area contributed by atoms with Crippen molar-refractivity contribution < 1.29 is 20.4 Å². The molecule has 0 amide bonds. The number of fused-ring (bicyclic) bond motifs is 4. The molecule has 4 N–H and O–H groups in total. The summed E-state index contributed by atoms with van der Waals surface area (Å²) < 4.78 is 0. The minimum Gasteiger partial charge on any atom is -0.507 e. The third kappa shape index (κ3) is 1.64. The van der Waals surface area contributed by atoms with Gasteiger partial charge in [-0.15, -0.1) is 0 Å². The zero-order chi connectivity index (χ0) is 17.3. The molecule has 2 aliphatic rings. The van der Waals surface area contributed by atoms with Gasteiger partial charge in [-0.25, -0.2) is 0 Å². The zero-order valence-corrected chi connectivity index (χ0v) is 13.2. The van der Waals surface area contributed by atoms with Gasteiger partial charge in [-0.05, 0) is 22.6 Å².